The minimum Gasteiger partial charge on any atom is -0.462 e. The molecular weight excluding hydrogens is 326 g/mol. The maximum atomic E-state index is 12.8. The van der Waals surface area contributed by atoms with Gasteiger partial charge in [0, 0.05) is 19.0 Å². The molecule has 26 heavy (non-hydrogen) atoms. The van der Waals surface area contributed by atoms with E-state index in [2.05, 4.69) is 25.7 Å². The summed E-state index contributed by atoms with van der Waals surface area (Å²) in [6.07, 6.45) is 8.66. The molecule has 4 nitrogen and oxygen atoms in total. The molecule has 0 amide bonds. The van der Waals surface area contributed by atoms with Gasteiger partial charge in [0.05, 0.1) is 18.1 Å². The van der Waals surface area contributed by atoms with Crippen LogP contribution in [0.2, 0.25) is 0 Å². The molecule has 6 atom stereocenters. The lowest BCUT2D eigenvalue weighted by Crippen LogP contribution is -2.51. The number of likely N-dealkylation sites (tertiary alicyclic amines) is 1. The van der Waals surface area contributed by atoms with Crippen molar-refractivity contribution in [3.8, 4) is 0 Å². The van der Waals surface area contributed by atoms with Crippen LogP contribution in [0.5, 0.6) is 0 Å². The SMILES string of the molecule is CC1(C)CCCN(CC2C(=O)O[C@@H]3C[C@@]4(C)CCC[C@]5(CO5)C4C[C@H]23)C1. The highest BCUT2D eigenvalue weighted by molar-refractivity contribution is 5.75. The highest BCUT2D eigenvalue weighted by atomic mass is 16.6. The Balaban J connectivity index is 1.34. The van der Waals surface area contributed by atoms with Crippen LogP contribution in [0.1, 0.15) is 65.7 Å². The molecule has 5 fully saturated rings. The van der Waals surface area contributed by atoms with Gasteiger partial charge in [-0.3, -0.25) is 4.79 Å². The van der Waals surface area contributed by atoms with Crippen molar-refractivity contribution >= 4 is 5.97 Å². The third-order valence-corrected chi connectivity index (χ3v) is 8.51. The zero-order valence-electron chi connectivity index (χ0n) is 16.8. The van der Waals surface area contributed by atoms with Gasteiger partial charge in [-0.05, 0) is 68.2 Å². The summed E-state index contributed by atoms with van der Waals surface area (Å²) in [5.74, 6) is 1.19. The molecule has 0 radical (unpaired) electrons. The smallest absolute Gasteiger partial charge is 0.310 e. The van der Waals surface area contributed by atoms with Crippen molar-refractivity contribution in [2.75, 3.05) is 26.2 Å². The van der Waals surface area contributed by atoms with Gasteiger partial charge in [0.2, 0.25) is 0 Å². The first kappa shape index (κ1) is 17.5. The van der Waals surface area contributed by atoms with Gasteiger partial charge >= 0.3 is 5.97 Å². The fraction of sp³-hybridized carbons (Fsp3) is 0.955. The molecule has 2 aliphatic carbocycles. The van der Waals surface area contributed by atoms with Crippen molar-refractivity contribution < 1.29 is 14.3 Å². The summed E-state index contributed by atoms with van der Waals surface area (Å²) in [4.78, 5) is 15.3. The molecule has 5 aliphatic rings. The average Bonchev–Trinajstić information content (AvgIpc) is 3.25. The van der Waals surface area contributed by atoms with Crippen LogP contribution in [-0.2, 0) is 14.3 Å². The second-order valence-electron chi connectivity index (χ2n) is 11.1. The Hall–Kier alpha value is -0.610. The van der Waals surface area contributed by atoms with Gasteiger partial charge in [0.15, 0.2) is 0 Å². The number of ether oxygens (including phenoxy) is 2. The van der Waals surface area contributed by atoms with Crippen molar-refractivity contribution in [1.29, 1.82) is 0 Å². The van der Waals surface area contributed by atoms with Crippen molar-refractivity contribution in [3.63, 3.8) is 0 Å². The molecule has 0 aromatic carbocycles. The lowest BCUT2D eigenvalue weighted by molar-refractivity contribution is -0.147. The van der Waals surface area contributed by atoms with Crippen LogP contribution in [0.4, 0.5) is 0 Å². The standard InChI is InChI=1S/C22H35NO3/c1-20(2)6-5-9-23(13-20)12-16-15-10-18-21(3,11-17(15)26-19(16)24)7-4-8-22(18)14-25-22/h15-18H,4-14H2,1-3H3/t15-,16?,17-,18?,21-,22+/m1/s1. The van der Waals surface area contributed by atoms with E-state index in [9.17, 15) is 4.79 Å². The van der Waals surface area contributed by atoms with Crippen molar-refractivity contribution in [2.24, 2.45) is 28.6 Å². The van der Waals surface area contributed by atoms with Crippen LogP contribution < -0.4 is 0 Å². The molecule has 0 aromatic rings. The van der Waals surface area contributed by atoms with Crippen molar-refractivity contribution in [3.05, 3.63) is 0 Å². The second-order valence-corrected chi connectivity index (χ2v) is 11.1. The van der Waals surface area contributed by atoms with E-state index in [-0.39, 0.29) is 23.6 Å². The number of fused-ring (bicyclic) bond motifs is 3. The molecule has 0 aromatic heterocycles. The average molecular weight is 362 g/mol. The number of epoxide rings is 1. The monoisotopic (exact) mass is 361 g/mol. The number of carbonyl (C=O) groups excluding carboxylic acids is 1. The number of hydrogen-bond donors (Lipinski definition) is 0. The highest BCUT2D eigenvalue weighted by Crippen LogP contribution is 2.62. The minimum absolute atomic E-state index is 0.0798. The number of hydrogen-bond acceptors (Lipinski definition) is 4. The number of carbonyl (C=O) groups is 1. The Kier molecular flexibility index (Phi) is 3.83. The van der Waals surface area contributed by atoms with Crippen LogP contribution in [-0.4, -0.2) is 48.8 Å². The van der Waals surface area contributed by atoms with Crippen LogP contribution in [0.15, 0.2) is 0 Å². The summed E-state index contributed by atoms with van der Waals surface area (Å²) >= 11 is 0. The van der Waals surface area contributed by atoms with Crippen LogP contribution in [0, 0.1) is 28.6 Å². The maximum absolute atomic E-state index is 12.8. The molecule has 3 heterocycles. The molecule has 1 spiro atoms. The van der Waals surface area contributed by atoms with Crippen LogP contribution in [0.25, 0.3) is 0 Å². The molecule has 2 unspecified atom stereocenters. The summed E-state index contributed by atoms with van der Waals surface area (Å²) in [5.41, 5.74) is 0.833. The zero-order chi connectivity index (χ0) is 18.2. The molecule has 2 saturated carbocycles. The van der Waals surface area contributed by atoms with E-state index in [1.165, 1.54) is 32.1 Å². The molecular formula is C22H35NO3. The number of piperidine rings is 1. The third kappa shape index (κ3) is 2.74. The Morgan fingerprint density at radius 2 is 1.96 bits per heavy atom. The van der Waals surface area contributed by atoms with E-state index in [4.69, 9.17) is 9.47 Å². The predicted octanol–water partition coefficient (Wildman–Crippen LogP) is 3.64. The topological polar surface area (TPSA) is 42.1 Å². The van der Waals surface area contributed by atoms with Crippen LogP contribution >= 0.6 is 0 Å². The highest BCUT2D eigenvalue weighted by Gasteiger charge is 2.65. The normalized spacial score (nSPS) is 50.2. The number of nitrogens with zero attached hydrogens (tertiary/aromatic N) is 1. The molecule has 5 rings (SSSR count). The van der Waals surface area contributed by atoms with E-state index in [1.807, 2.05) is 0 Å². The maximum Gasteiger partial charge on any atom is 0.310 e. The summed E-state index contributed by atoms with van der Waals surface area (Å²) in [6, 6.07) is 0. The van der Waals surface area contributed by atoms with Gasteiger partial charge in [-0.25, -0.2) is 0 Å². The third-order valence-electron chi connectivity index (χ3n) is 8.51. The Morgan fingerprint density at radius 3 is 2.69 bits per heavy atom. The molecule has 0 N–H and O–H groups in total. The fourth-order valence-electron chi connectivity index (χ4n) is 7.14. The van der Waals surface area contributed by atoms with E-state index in [0.717, 1.165) is 39.1 Å². The summed E-state index contributed by atoms with van der Waals surface area (Å²) in [7, 11) is 0. The van der Waals surface area contributed by atoms with Gasteiger partial charge in [-0.15, -0.1) is 0 Å². The molecule has 3 aliphatic heterocycles. The number of esters is 1. The Labute approximate surface area is 158 Å². The van der Waals surface area contributed by atoms with Crippen molar-refractivity contribution in [2.45, 2.75) is 77.4 Å². The second kappa shape index (κ2) is 5.70. The summed E-state index contributed by atoms with van der Waals surface area (Å²) in [5, 5.41) is 0. The van der Waals surface area contributed by atoms with Gasteiger partial charge < -0.3 is 14.4 Å². The lowest BCUT2D eigenvalue weighted by atomic mass is 9.53. The molecule has 4 heteroatoms. The number of rotatable bonds is 2. The fourth-order valence-corrected chi connectivity index (χ4v) is 7.14. The van der Waals surface area contributed by atoms with E-state index in [0.29, 0.717) is 22.7 Å². The molecule has 146 valence electrons. The minimum atomic E-state index is 0.0798. The molecule has 3 saturated heterocycles. The zero-order valence-corrected chi connectivity index (χ0v) is 16.8. The first-order valence-corrected chi connectivity index (χ1v) is 10.9. The van der Waals surface area contributed by atoms with Gasteiger partial charge in [0.1, 0.15) is 6.10 Å². The van der Waals surface area contributed by atoms with E-state index >= 15 is 0 Å². The Bertz CT molecular complexity index is 598. The quantitative estimate of drug-likeness (QED) is 0.556. The van der Waals surface area contributed by atoms with E-state index in [1.54, 1.807) is 0 Å². The van der Waals surface area contributed by atoms with Gasteiger partial charge in [-0.2, -0.15) is 0 Å². The van der Waals surface area contributed by atoms with E-state index < -0.39 is 0 Å². The summed E-state index contributed by atoms with van der Waals surface area (Å²) in [6.45, 7) is 11.3. The van der Waals surface area contributed by atoms with Gasteiger partial charge in [-0.1, -0.05) is 20.8 Å². The largest absolute Gasteiger partial charge is 0.462 e. The first-order valence-electron chi connectivity index (χ1n) is 10.9. The van der Waals surface area contributed by atoms with Crippen molar-refractivity contribution in [1.82, 2.24) is 4.90 Å². The first-order chi connectivity index (χ1) is 12.3. The van der Waals surface area contributed by atoms with Gasteiger partial charge in [0.25, 0.3) is 0 Å². The van der Waals surface area contributed by atoms with Crippen LogP contribution in [0.3, 0.4) is 0 Å². The summed E-state index contributed by atoms with van der Waals surface area (Å²) < 4.78 is 12.0. The lowest BCUT2D eigenvalue weighted by Gasteiger charge is -2.51. The predicted molar refractivity (Wildman–Crippen MR) is 99.7 cm³/mol. The Morgan fingerprint density at radius 1 is 1.15 bits per heavy atom. The molecule has 0 bridgehead atoms.